The van der Waals surface area contributed by atoms with E-state index in [1.807, 2.05) is 13.8 Å². The van der Waals surface area contributed by atoms with Gasteiger partial charge in [0.05, 0.1) is 18.4 Å². The van der Waals surface area contributed by atoms with Gasteiger partial charge in [-0.1, -0.05) is 34.1 Å². The van der Waals surface area contributed by atoms with E-state index in [9.17, 15) is 19.1 Å². The molecule has 0 atom stereocenters. The first-order valence-electron chi connectivity index (χ1n) is 11.8. The largest absolute Gasteiger partial charge is 0.492 e. The van der Waals surface area contributed by atoms with Gasteiger partial charge in [-0.15, -0.1) is 0 Å². The Morgan fingerprint density at radius 3 is 2.39 bits per heavy atom. The van der Waals surface area contributed by atoms with Crippen molar-refractivity contribution in [1.29, 1.82) is 0 Å². The van der Waals surface area contributed by atoms with Crippen LogP contribution in [-0.4, -0.2) is 57.2 Å². The van der Waals surface area contributed by atoms with Gasteiger partial charge in [-0.3, -0.25) is 4.79 Å². The third kappa shape index (κ3) is 7.45. The molecule has 1 aromatic carbocycles. The second-order valence-electron chi connectivity index (χ2n) is 7.94. The monoisotopic (exact) mass is 465 g/mol. The normalized spacial score (nSPS) is 14.6. The summed E-state index contributed by atoms with van der Waals surface area (Å²) >= 11 is 0. The number of rotatable bonds is 8. The second kappa shape index (κ2) is 13.8. The summed E-state index contributed by atoms with van der Waals surface area (Å²) in [7, 11) is 4.79. The highest BCUT2D eigenvalue weighted by atomic mass is 19.1. The zero-order valence-corrected chi connectivity index (χ0v) is 21.1. The van der Waals surface area contributed by atoms with Crippen molar-refractivity contribution in [1.82, 2.24) is 5.32 Å². The summed E-state index contributed by atoms with van der Waals surface area (Å²) in [5.74, 6) is -1.89. The molecule has 33 heavy (non-hydrogen) atoms. The molecule has 1 aromatic rings. The molecule has 1 saturated carbocycles. The van der Waals surface area contributed by atoms with E-state index in [1.54, 1.807) is 23.9 Å². The van der Waals surface area contributed by atoms with Gasteiger partial charge in [0.25, 0.3) is 0 Å². The number of methoxy groups -OCH3 is 1. The minimum Gasteiger partial charge on any atom is -0.492 e. The Kier molecular flexibility index (Phi) is 11.9. The molecule has 0 radical (unpaired) electrons. The van der Waals surface area contributed by atoms with Crippen molar-refractivity contribution in [3.8, 4) is 5.75 Å². The average Bonchev–Trinajstić information content (AvgIpc) is 3.63. The van der Waals surface area contributed by atoms with Crippen molar-refractivity contribution >= 4 is 23.1 Å². The van der Waals surface area contributed by atoms with E-state index in [0.717, 1.165) is 19.4 Å². The van der Waals surface area contributed by atoms with Gasteiger partial charge in [-0.25, -0.2) is 9.18 Å². The van der Waals surface area contributed by atoms with Crippen LogP contribution in [0.4, 0.5) is 15.8 Å². The van der Waals surface area contributed by atoms with Gasteiger partial charge in [-0.05, 0) is 38.4 Å². The SMILES string of the molecule is CC.CCCCNCC.COc1c(N(C)C)c(F)cc2c1N(C1CC1)C=C(C(=O)O)CC2=O. The number of carbonyl (C=O) groups excluding carboxylic acids is 1. The summed E-state index contributed by atoms with van der Waals surface area (Å²) < 4.78 is 20.0. The molecular formula is C25H40FN3O4. The van der Waals surface area contributed by atoms with E-state index < -0.39 is 17.6 Å². The maximum atomic E-state index is 14.6. The minimum absolute atomic E-state index is 0.00281. The molecule has 2 aliphatic rings. The summed E-state index contributed by atoms with van der Waals surface area (Å²) in [5, 5.41) is 12.6. The summed E-state index contributed by atoms with van der Waals surface area (Å²) in [4.78, 5) is 27.3. The Hall–Kier alpha value is -2.61. The highest BCUT2D eigenvalue weighted by Gasteiger charge is 2.37. The smallest absolute Gasteiger partial charge is 0.333 e. The predicted molar refractivity (Wildman–Crippen MR) is 132 cm³/mol. The number of aliphatic carboxylic acids is 1. The van der Waals surface area contributed by atoms with Gasteiger partial charge in [0.2, 0.25) is 0 Å². The van der Waals surface area contributed by atoms with Crippen LogP contribution in [0.25, 0.3) is 0 Å². The maximum absolute atomic E-state index is 14.6. The zero-order valence-electron chi connectivity index (χ0n) is 21.1. The summed E-state index contributed by atoms with van der Waals surface area (Å²) in [6, 6.07) is 1.28. The number of halogens is 1. The van der Waals surface area contributed by atoms with E-state index >= 15 is 0 Å². The second-order valence-corrected chi connectivity index (χ2v) is 7.94. The molecule has 1 heterocycles. The van der Waals surface area contributed by atoms with Gasteiger partial charge in [-0.2, -0.15) is 0 Å². The number of anilines is 2. The number of ether oxygens (including phenoxy) is 1. The van der Waals surface area contributed by atoms with Gasteiger partial charge in [0.15, 0.2) is 17.3 Å². The average molecular weight is 466 g/mol. The maximum Gasteiger partial charge on any atom is 0.333 e. The summed E-state index contributed by atoms with van der Waals surface area (Å²) in [6.07, 6.45) is 5.60. The van der Waals surface area contributed by atoms with E-state index in [0.29, 0.717) is 5.69 Å². The van der Waals surface area contributed by atoms with Crippen LogP contribution in [0.1, 0.15) is 70.2 Å². The number of unbranched alkanes of at least 4 members (excludes halogenated alkanes) is 1. The fourth-order valence-electron chi connectivity index (χ4n) is 3.48. The number of ketones is 1. The molecule has 0 aromatic heterocycles. The molecule has 186 valence electrons. The van der Waals surface area contributed by atoms with Crippen molar-refractivity contribution in [2.75, 3.05) is 44.1 Å². The highest BCUT2D eigenvalue weighted by molar-refractivity contribution is 6.10. The van der Waals surface area contributed by atoms with Crippen molar-refractivity contribution in [3.05, 3.63) is 29.2 Å². The van der Waals surface area contributed by atoms with E-state index in [2.05, 4.69) is 19.2 Å². The molecule has 1 fully saturated rings. The van der Waals surface area contributed by atoms with Crippen LogP contribution in [0.2, 0.25) is 0 Å². The molecule has 1 aliphatic heterocycles. The van der Waals surface area contributed by atoms with Gasteiger partial charge in [0, 0.05) is 38.3 Å². The van der Waals surface area contributed by atoms with Crippen molar-refractivity contribution in [2.24, 2.45) is 0 Å². The quantitative estimate of drug-likeness (QED) is 0.531. The number of nitrogens with zero attached hydrogens (tertiary/aromatic N) is 2. The van der Waals surface area contributed by atoms with Crippen LogP contribution >= 0.6 is 0 Å². The van der Waals surface area contributed by atoms with Crippen molar-refractivity contribution < 1.29 is 23.8 Å². The standard InChI is InChI=1S/C17H19FN2O4.C6H15N.C2H6/c1-19(2)15-12(18)7-11-13(21)6-9(17(22)23)8-20(10-4-5-10)14(11)16(15)24-3;1-3-5-6-7-4-2;1-2/h7-8,10H,4-6H2,1-3H3,(H,22,23);7H,3-6H2,1-2H3;1-2H3. The zero-order chi connectivity index (χ0) is 25.1. The highest BCUT2D eigenvalue weighted by Crippen LogP contribution is 2.47. The lowest BCUT2D eigenvalue weighted by Gasteiger charge is -2.27. The lowest BCUT2D eigenvalue weighted by molar-refractivity contribution is -0.132. The van der Waals surface area contributed by atoms with Crippen LogP contribution in [0, 0.1) is 5.82 Å². The summed E-state index contributed by atoms with van der Waals surface area (Å²) in [6.45, 7) is 10.6. The molecule has 1 aliphatic carbocycles. The molecule has 2 N–H and O–H groups in total. The molecule has 0 spiro atoms. The molecule has 0 saturated heterocycles. The minimum atomic E-state index is -1.14. The van der Waals surface area contributed by atoms with Gasteiger partial charge >= 0.3 is 5.97 Å². The number of hydrogen-bond donors (Lipinski definition) is 2. The fourth-order valence-corrected chi connectivity index (χ4v) is 3.48. The lowest BCUT2D eigenvalue weighted by Crippen LogP contribution is -2.23. The third-order valence-corrected chi connectivity index (χ3v) is 5.21. The number of Topliss-reactive ketones (excluding diaryl/α,β-unsaturated/α-hetero) is 1. The number of benzene rings is 1. The molecular weight excluding hydrogens is 425 g/mol. The van der Waals surface area contributed by atoms with Gasteiger partial charge in [0.1, 0.15) is 5.69 Å². The van der Waals surface area contributed by atoms with Crippen LogP contribution in [0.5, 0.6) is 5.75 Å². The van der Waals surface area contributed by atoms with E-state index in [1.165, 1.54) is 38.8 Å². The predicted octanol–water partition coefficient (Wildman–Crippen LogP) is 4.85. The van der Waals surface area contributed by atoms with Crippen LogP contribution < -0.4 is 19.9 Å². The molecule has 0 amide bonds. The number of carboxylic acid groups (broad SMARTS) is 1. The Morgan fingerprint density at radius 2 is 1.94 bits per heavy atom. The first kappa shape index (κ1) is 28.4. The van der Waals surface area contributed by atoms with E-state index in [4.69, 9.17) is 4.74 Å². The Balaban J connectivity index is 0.000000520. The molecule has 3 rings (SSSR count). The fraction of sp³-hybridized carbons (Fsp3) is 0.600. The number of hydrogen-bond acceptors (Lipinski definition) is 6. The molecule has 8 heteroatoms. The topological polar surface area (TPSA) is 82.1 Å². The van der Waals surface area contributed by atoms with Crippen molar-refractivity contribution in [2.45, 2.75) is 65.8 Å². The Bertz CT molecular complexity index is 831. The summed E-state index contributed by atoms with van der Waals surface area (Å²) in [5.41, 5.74) is 0.847. The van der Waals surface area contributed by atoms with Crippen LogP contribution in [0.3, 0.4) is 0 Å². The van der Waals surface area contributed by atoms with E-state index in [-0.39, 0.29) is 35.0 Å². The Morgan fingerprint density at radius 1 is 1.30 bits per heavy atom. The number of fused-ring (bicyclic) bond motifs is 1. The van der Waals surface area contributed by atoms with Crippen molar-refractivity contribution in [3.63, 3.8) is 0 Å². The number of carboxylic acids is 1. The van der Waals surface area contributed by atoms with Gasteiger partial charge < -0.3 is 25.0 Å². The van der Waals surface area contributed by atoms with Crippen LogP contribution in [-0.2, 0) is 4.79 Å². The molecule has 7 nitrogen and oxygen atoms in total. The van der Waals surface area contributed by atoms with Crippen LogP contribution in [0.15, 0.2) is 17.8 Å². The number of nitrogens with one attached hydrogen (secondary N) is 1. The first-order chi connectivity index (χ1) is 15.8. The third-order valence-electron chi connectivity index (χ3n) is 5.21. The number of carbonyl (C=O) groups is 2. The molecule has 0 bridgehead atoms. The lowest BCUT2D eigenvalue weighted by atomic mass is 10.0. The first-order valence-corrected chi connectivity index (χ1v) is 11.8. The Labute approximate surface area is 197 Å². The molecule has 0 unspecified atom stereocenters.